The SMILES string of the molecule is CC(C)c1nc2c(c(-c3ccc(F)cc3)c1C=C[C@@H]1C[C@H](CC(=O)OC(C)(C)C)OC(C)(C)O1)CCCN2C. The first kappa shape index (κ1) is 29.2. The van der Waals surface area contributed by atoms with E-state index < -0.39 is 11.4 Å². The van der Waals surface area contributed by atoms with Crippen LogP contribution >= 0.6 is 0 Å². The van der Waals surface area contributed by atoms with Crippen molar-refractivity contribution in [2.45, 2.75) is 104 Å². The topological polar surface area (TPSA) is 60.9 Å². The molecule has 1 aromatic carbocycles. The van der Waals surface area contributed by atoms with Crippen LogP contribution in [0.25, 0.3) is 17.2 Å². The molecule has 7 heteroatoms. The number of ether oxygens (including phenoxy) is 3. The van der Waals surface area contributed by atoms with Gasteiger partial charge in [0, 0.05) is 31.1 Å². The predicted molar refractivity (Wildman–Crippen MR) is 153 cm³/mol. The highest BCUT2D eigenvalue weighted by atomic mass is 19.1. The van der Waals surface area contributed by atoms with Crippen LogP contribution in [0.15, 0.2) is 30.3 Å². The molecular formula is C32H43FN2O4. The molecule has 1 saturated heterocycles. The molecule has 2 aromatic rings. The summed E-state index contributed by atoms with van der Waals surface area (Å²) in [5.74, 6) is -0.207. The Morgan fingerprint density at radius 2 is 1.92 bits per heavy atom. The summed E-state index contributed by atoms with van der Waals surface area (Å²) in [6.07, 6.45) is 6.22. The zero-order chi connectivity index (χ0) is 28.5. The lowest BCUT2D eigenvalue weighted by molar-refractivity contribution is -0.290. The summed E-state index contributed by atoms with van der Waals surface area (Å²) < 4.78 is 31.8. The number of aromatic nitrogens is 1. The van der Waals surface area contributed by atoms with Gasteiger partial charge >= 0.3 is 5.97 Å². The Morgan fingerprint density at radius 3 is 2.56 bits per heavy atom. The van der Waals surface area contributed by atoms with E-state index >= 15 is 0 Å². The van der Waals surface area contributed by atoms with Gasteiger partial charge in [-0.05, 0) is 76.6 Å². The highest BCUT2D eigenvalue weighted by Crippen LogP contribution is 2.41. The number of esters is 1. The van der Waals surface area contributed by atoms with Gasteiger partial charge in [-0.15, -0.1) is 0 Å². The van der Waals surface area contributed by atoms with Crippen molar-refractivity contribution in [3.8, 4) is 11.1 Å². The largest absolute Gasteiger partial charge is 0.460 e. The van der Waals surface area contributed by atoms with Crippen LogP contribution in [-0.4, -0.2) is 48.1 Å². The second-order valence-electron chi connectivity index (χ2n) is 12.5. The fourth-order valence-corrected chi connectivity index (χ4v) is 5.52. The minimum atomic E-state index is -0.850. The highest BCUT2D eigenvalue weighted by molar-refractivity contribution is 5.83. The van der Waals surface area contributed by atoms with Crippen LogP contribution in [0.2, 0.25) is 0 Å². The van der Waals surface area contributed by atoms with Crippen molar-refractivity contribution >= 4 is 17.9 Å². The maximum absolute atomic E-state index is 13.9. The zero-order valence-corrected chi connectivity index (χ0v) is 24.6. The minimum absolute atomic E-state index is 0.166. The van der Waals surface area contributed by atoms with Crippen molar-refractivity contribution in [2.24, 2.45) is 0 Å². The van der Waals surface area contributed by atoms with E-state index in [1.807, 2.05) is 46.8 Å². The van der Waals surface area contributed by atoms with Gasteiger partial charge in [-0.3, -0.25) is 4.79 Å². The molecule has 0 amide bonds. The number of carbonyl (C=O) groups excluding carboxylic acids is 1. The van der Waals surface area contributed by atoms with Gasteiger partial charge in [-0.25, -0.2) is 9.37 Å². The number of halogens is 1. The average molecular weight is 539 g/mol. The zero-order valence-electron chi connectivity index (χ0n) is 24.6. The summed E-state index contributed by atoms with van der Waals surface area (Å²) in [5.41, 5.74) is 4.74. The molecule has 212 valence electrons. The van der Waals surface area contributed by atoms with Crippen molar-refractivity contribution in [2.75, 3.05) is 18.5 Å². The summed E-state index contributed by atoms with van der Waals surface area (Å²) in [6.45, 7) is 14.6. The van der Waals surface area contributed by atoms with Gasteiger partial charge in [0.2, 0.25) is 0 Å². The van der Waals surface area contributed by atoms with Crippen LogP contribution in [0.3, 0.4) is 0 Å². The quantitative estimate of drug-likeness (QED) is 0.367. The van der Waals surface area contributed by atoms with E-state index in [-0.39, 0.29) is 36.3 Å². The number of hydrogen-bond donors (Lipinski definition) is 0. The fraction of sp³-hybridized carbons (Fsp3) is 0.562. The average Bonchev–Trinajstić information content (AvgIpc) is 2.80. The lowest BCUT2D eigenvalue weighted by atomic mass is 9.87. The van der Waals surface area contributed by atoms with Gasteiger partial charge in [0.25, 0.3) is 0 Å². The van der Waals surface area contributed by atoms with Crippen molar-refractivity contribution in [1.29, 1.82) is 0 Å². The molecule has 0 spiro atoms. The fourth-order valence-electron chi connectivity index (χ4n) is 5.52. The molecule has 0 N–H and O–H groups in total. The number of benzene rings is 1. The Balaban J connectivity index is 1.72. The van der Waals surface area contributed by atoms with Crippen molar-refractivity contribution < 1.29 is 23.4 Å². The second-order valence-corrected chi connectivity index (χ2v) is 12.5. The van der Waals surface area contributed by atoms with E-state index in [9.17, 15) is 9.18 Å². The third-order valence-corrected chi connectivity index (χ3v) is 6.98. The van der Waals surface area contributed by atoms with Crippen LogP contribution in [0.1, 0.15) is 90.5 Å². The molecule has 0 saturated carbocycles. The number of pyridine rings is 1. The normalized spacial score (nSPS) is 21.3. The Labute approximate surface area is 232 Å². The number of hydrogen-bond acceptors (Lipinski definition) is 6. The van der Waals surface area contributed by atoms with Gasteiger partial charge in [0.15, 0.2) is 5.79 Å². The number of anilines is 1. The monoisotopic (exact) mass is 538 g/mol. The third-order valence-electron chi connectivity index (χ3n) is 6.98. The second kappa shape index (κ2) is 11.4. The first-order chi connectivity index (χ1) is 18.2. The van der Waals surface area contributed by atoms with Crippen LogP contribution in [-0.2, 0) is 25.4 Å². The summed E-state index contributed by atoms with van der Waals surface area (Å²) in [4.78, 5) is 19.9. The standard InChI is InChI=1S/C32H43FN2O4/c1-20(2)29-25(16-15-23-18-24(38-32(6,7)37-23)19-27(36)39-31(3,4)5)28(21-11-13-22(33)14-12-21)26-10-9-17-35(8)30(26)34-29/h11-16,20,23-24H,9-10,17-19H2,1-8H3/t23-,24-/m1/s1. The van der Waals surface area contributed by atoms with Gasteiger partial charge in [0.05, 0.1) is 24.3 Å². The van der Waals surface area contributed by atoms with E-state index in [1.165, 1.54) is 17.7 Å². The van der Waals surface area contributed by atoms with E-state index in [0.29, 0.717) is 6.42 Å². The van der Waals surface area contributed by atoms with Gasteiger partial charge < -0.3 is 19.1 Å². The predicted octanol–water partition coefficient (Wildman–Crippen LogP) is 7.05. The molecule has 4 rings (SSSR count). The molecule has 3 heterocycles. The molecular weight excluding hydrogens is 495 g/mol. The molecule has 2 aliphatic heterocycles. The van der Waals surface area contributed by atoms with Crippen LogP contribution < -0.4 is 4.90 Å². The first-order valence-electron chi connectivity index (χ1n) is 14.0. The molecule has 0 aliphatic carbocycles. The molecule has 1 aromatic heterocycles. The summed E-state index contributed by atoms with van der Waals surface area (Å²) in [5, 5.41) is 0. The number of fused-ring (bicyclic) bond motifs is 1. The highest BCUT2D eigenvalue weighted by Gasteiger charge is 2.36. The molecule has 0 bridgehead atoms. The number of carbonyl (C=O) groups is 1. The summed E-state index contributed by atoms with van der Waals surface area (Å²) in [7, 11) is 2.09. The van der Waals surface area contributed by atoms with Gasteiger partial charge in [0.1, 0.15) is 17.2 Å². The Hall–Kier alpha value is -2.77. The van der Waals surface area contributed by atoms with Crippen LogP contribution in [0.5, 0.6) is 0 Å². The van der Waals surface area contributed by atoms with Gasteiger partial charge in [-0.2, -0.15) is 0 Å². The summed E-state index contributed by atoms with van der Waals surface area (Å²) >= 11 is 0. The van der Waals surface area contributed by atoms with Crippen molar-refractivity contribution in [3.63, 3.8) is 0 Å². The molecule has 1 fully saturated rings. The van der Waals surface area contributed by atoms with Crippen LogP contribution in [0.4, 0.5) is 10.2 Å². The molecule has 39 heavy (non-hydrogen) atoms. The molecule has 0 radical (unpaired) electrons. The minimum Gasteiger partial charge on any atom is -0.460 e. The lowest BCUT2D eigenvalue weighted by Crippen LogP contribution is -2.45. The number of rotatable bonds is 6. The molecule has 6 nitrogen and oxygen atoms in total. The van der Waals surface area contributed by atoms with E-state index in [4.69, 9.17) is 19.2 Å². The van der Waals surface area contributed by atoms with Gasteiger partial charge in [-0.1, -0.05) is 38.1 Å². The maximum Gasteiger partial charge on any atom is 0.308 e. The lowest BCUT2D eigenvalue weighted by Gasteiger charge is -2.40. The van der Waals surface area contributed by atoms with Crippen molar-refractivity contribution in [1.82, 2.24) is 4.98 Å². The Morgan fingerprint density at radius 1 is 1.23 bits per heavy atom. The number of nitrogens with zero attached hydrogens (tertiary/aromatic N) is 2. The maximum atomic E-state index is 13.9. The molecule has 0 unspecified atom stereocenters. The smallest absolute Gasteiger partial charge is 0.308 e. The van der Waals surface area contributed by atoms with E-state index in [0.717, 1.165) is 47.6 Å². The Kier molecular flexibility index (Phi) is 8.52. The Bertz CT molecular complexity index is 1210. The first-order valence-corrected chi connectivity index (χ1v) is 14.0. The van der Waals surface area contributed by atoms with Crippen molar-refractivity contribution in [3.05, 3.63) is 53.0 Å². The van der Waals surface area contributed by atoms with Crippen LogP contribution in [0, 0.1) is 5.82 Å². The van der Waals surface area contributed by atoms with E-state index in [1.54, 1.807) is 0 Å². The summed E-state index contributed by atoms with van der Waals surface area (Å²) in [6, 6.07) is 6.74. The molecule has 2 atom stereocenters. The molecule has 2 aliphatic rings. The third kappa shape index (κ3) is 7.25. The van der Waals surface area contributed by atoms with E-state index in [2.05, 4.69) is 37.9 Å².